The minimum Gasteiger partial charge on any atom is -0.371 e. The highest BCUT2D eigenvalue weighted by Gasteiger charge is 2.18. The smallest absolute Gasteiger partial charge is 0.276 e. The first kappa shape index (κ1) is 27.0. The predicted molar refractivity (Wildman–Crippen MR) is 145 cm³/mol. The molecule has 0 bridgehead atoms. The van der Waals surface area contributed by atoms with Gasteiger partial charge in [0.05, 0.1) is 23.1 Å². The average Bonchev–Trinajstić information content (AvgIpc) is 3.44. The maximum atomic E-state index is 14.2. The minimum atomic E-state index is -0.503. The molecule has 0 aliphatic carbocycles. The van der Waals surface area contributed by atoms with Gasteiger partial charge < -0.3 is 15.5 Å². The molecule has 0 radical (unpaired) electrons. The third kappa shape index (κ3) is 7.25. The summed E-state index contributed by atoms with van der Waals surface area (Å²) in [5, 5.41) is 5.95. The van der Waals surface area contributed by atoms with Crippen molar-refractivity contribution in [1.29, 1.82) is 0 Å². The van der Waals surface area contributed by atoms with E-state index in [0.717, 1.165) is 43.9 Å². The molecule has 1 aliphatic rings. The third-order valence-electron chi connectivity index (χ3n) is 6.13. The summed E-state index contributed by atoms with van der Waals surface area (Å²) in [6, 6.07) is 9.54. The monoisotopic (exact) mass is 520 g/mol. The maximum Gasteiger partial charge on any atom is 0.276 e. The molecule has 3 heterocycles. The molecule has 0 unspecified atom stereocenters. The van der Waals surface area contributed by atoms with Gasteiger partial charge in [-0.1, -0.05) is 19.9 Å². The van der Waals surface area contributed by atoms with E-state index in [1.54, 1.807) is 19.2 Å². The molecule has 1 aromatic carbocycles. The molecule has 2 amide bonds. The Hall–Kier alpha value is -4.05. The van der Waals surface area contributed by atoms with Crippen LogP contribution in [0, 0.1) is 18.7 Å². The number of carbonyl (C=O) groups excluding carboxylic acids is 2. The van der Waals surface area contributed by atoms with Crippen molar-refractivity contribution in [2.45, 2.75) is 40.2 Å². The number of aromatic nitrogens is 2. The van der Waals surface area contributed by atoms with Gasteiger partial charge >= 0.3 is 0 Å². The number of benzene rings is 1. The standard InChI is InChI=1S/C28H33FN6O3/c1-18(2)14-31-26-7-6-20(15-32-26)17-38-34-28(37)25-13-23(16-30-19(25)3)33-27(36)21-10-22(29)12-24(11-21)35-8-4-5-9-35/h6-7,10-13,15-16,18H,4-5,8-9,14,17H2,1-3H3,(H,31,32)(H,33,36)(H,34,37). The summed E-state index contributed by atoms with van der Waals surface area (Å²) in [5.74, 6) is -0.185. The normalized spacial score (nSPS) is 13.0. The summed E-state index contributed by atoms with van der Waals surface area (Å²) in [6.07, 6.45) is 5.22. The summed E-state index contributed by atoms with van der Waals surface area (Å²) >= 11 is 0. The summed E-state index contributed by atoms with van der Waals surface area (Å²) in [5.41, 5.74) is 5.10. The highest BCUT2D eigenvalue weighted by atomic mass is 19.1. The fourth-order valence-corrected chi connectivity index (χ4v) is 4.06. The Labute approximate surface area is 221 Å². The zero-order valence-electron chi connectivity index (χ0n) is 21.9. The molecule has 9 nitrogen and oxygen atoms in total. The van der Waals surface area contributed by atoms with Crippen LogP contribution in [0.3, 0.4) is 0 Å². The molecule has 10 heteroatoms. The Morgan fingerprint density at radius 2 is 1.84 bits per heavy atom. The van der Waals surface area contributed by atoms with Crippen LogP contribution in [0.25, 0.3) is 0 Å². The summed E-state index contributed by atoms with van der Waals surface area (Å²) in [4.78, 5) is 41.6. The van der Waals surface area contributed by atoms with Crippen LogP contribution in [0.2, 0.25) is 0 Å². The van der Waals surface area contributed by atoms with Crippen LogP contribution in [0.5, 0.6) is 0 Å². The number of hydrogen-bond donors (Lipinski definition) is 3. The second-order valence-electron chi connectivity index (χ2n) is 9.75. The topological polar surface area (TPSA) is 108 Å². The van der Waals surface area contributed by atoms with Crippen LogP contribution >= 0.6 is 0 Å². The van der Waals surface area contributed by atoms with E-state index in [2.05, 4.69) is 44.8 Å². The first-order valence-corrected chi connectivity index (χ1v) is 12.7. The number of pyridine rings is 2. The van der Waals surface area contributed by atoms with Crippen LogP contribution in [0.1, 0.15) is 58.7 Å². The first-order chi connectivity index (χ1) is 18.3. The number of aryl methyl sites for hydroxylation is 1. The second kappa shape index (κ2) is 12.5. The van der Waals surface area contributed by atoms with Crippen LogP contribution in [-0.4, -0.2) is 41.4 Å². The van der Waals surface area contributed by atoms with E-state index in [1.807, 2.05) is 12.1 Å². The number of hydroxylamine groups is 1. The molecule has 1 saturated heterocycles. The van der Waals surface area contributed by atoms with Crippen LogP contribution in [0.15, 0.2) is 48.8 Å². The Bertz CT molecular complexity index is 1280. The van der Waals surface area contributed by atoms with Crippen molar-refractivity contribution in [3.63, 3.8) is 0 Å². The van der Waals surface area contributed by atoms with E-state index < -0.39 is 17.6 Å². The lowest BCUT2D eigenvalue weighted by Gasteiger charge is -2.18. The molecular formula is C28H33FN6O3. The van der Waals surface area contributed by atoms with Crippen molar-refractivity contribution in [3.05, 3.63) is 77.0 Å². The molecule has 0 atom stereocenters. The predicted octanol–water partition coefficient (Wildman–Crippen LogP) is 4.71. The fourth-order valence-electron chi connectivity index (χ4n) is 4.06. The van der Waals surface area contributed by atoms with Crippen molar-refractivity contribution < 1.29 is 18.8 Å². The number of hydrogen-bond acceptors (Lipinski definition) is 7. The Morgan fingerprint density at radius 3 is 2.55 bits per heavy atom. The van der Waals surface area contributed by atoms with E-state index in [1.165, 1.54) is 24.4 Å². The van der Waals surface area contributed by atoms with Crippen LogP contribution in [-0.2, 0) is 11.4 Å². The number of nitrogens with one attached hydrogen (secondary N) is 3. The van der Waals surface area contributed by atoms with Crippen molar-refractivity contribution in [2.75, 3.05) is 35.2 Å². The van der Waals surface area contributed by atoms with Crippen molar-refractivity contribution in [2.24, 2.45) is 5.92 Å². The molecule has 1 aliphatic heterocycles. The zero-order chi connectivity index (χ0) is 27.1. The van der Waals surface area contributed by atoms with Crippen LogP contribution in [0.4, 0.5) is 21.6 Å². The molecule has 1 fully saturated rings. The van der Waals surface area contributed by atoms with E-state index >= 15 is 0 Å². The Balaban J connectivity index is 1.35. The third-order valence-corrected chi connectivity index (χ3v) is 6.13. The van der Waals surface area contributed by atoms with Gasteiger partial charge in [-0.2, -0.15) is 0 Å². The molecule has 200 valence electrons. The minimum absolute atomic E-state index is 0.130. The van der Waals surface area contributed by atoms with E-state index in [4.69, 9.17) is 4.84 Å². The molecular weight excluding hydrogens is 487 g/mol. The summed E-state index contributed by atoms with van der Waals surface area (Å²) in [6.45, 7) is 8.55. The van der Waals surface area contributed by atoms with E-state index in [-0.39, 0.29) is 17.7 Å². The van der Waals surface area contributed by atoms with Gasteiger partial charge in [0.1, 0.15) is 18.2 Å². The highest BCUT2D eigenvalue weighted by molar-refractivity contribution is 6.05. The zero-order valence-corrected chi connectivity index (χ0v) is 21.9. The molecule has 2 aromatic heterocycles. The lowest BCUT2D eigenvalue weighted by atomic mass is 10.1. The lowest BCUT2D eigenvalue weighted by Crippen LogP contribution is -2.25. The van der Waals surface area contributed by atoms with E-state index in [0.29, 0.717) is 23.0 Å². The number of rotatable bonds is 10. The van der Waals surface area contributed by atoms with E-state index in [9.17, 15) is 14.0 Å². The largest absolute Gasteiger partial charge is 0.371 e. The van der Waals surface area contributed by atoms with Gasteiger partial charge in [-0.15, -0.1) is 0 Å². The average molecular weight is 521 g/mol. The highest BCUT2D eigenvalue weighted by Crippen LogP contribution is 2.24. The number of amides is 2. The number of anilines is 3. The summed E-state index contributed by atoms with van der Waals surface area (Å²) in [7, 11) is 0. The molecule has 4 rings (SSSR count). The SMILES string of the molecule is Cc1ncc(NC(=O)c2cc(F)cc(N3CCCC3)c2)cc1C(=O)NOCc1ccc(NCC(C)C)nc1. The van der Waals surface area contributed by atoms with Gasteiger partial charge in [0.25, 0.3) is 11.8 Å². The molecule has 0 saturated carbocycles. The summed E-state index contributed by atoms with van der Waals surface area (Å²) < 4.78 is 14.2. The maximum absolute atomic E-state index is 14.2. The fraction of sp³-hybridized carbons (Fsp3) is 0.357. The number of halogens is 1. The Morgan fingerprint density at radius 1 is 1.05 bits per heavy atom. The lowest BCUT2D eigenvalue weighted by molar-refractivity contribution is 0.0232. The van der Waals surface area contributed by atoms with Gasteiger partial charge in [-0.3, -0.25) is 19.4 Å². The number of nitrogens with zero attached hydrogens (tertiary/aromatic N) is 3. The molecule has 38 heavy (non-hydrogen) atoms. The molecule has 3 aromatic rings. The van der Waals surface area contributed by atoms with Gasteiger partial charge in [-0.25, -0.2) is 14.9 Å². The van der Waals surface area contributed by atoms with Crippen molar-refractivity contribution in [3.8, 4) is 0 Å². The van der Waals surface area contributed by atoms with Crippen molar-refractivity contribution in [1.82, 2.24) is 15.4 Å². The Kier molecular flexibility index (Phi) is 8.85. The number of carbonyl (C=O) groups is 2. The van der Waals surface area contributed by atoms with Gasteiger partial charge in [0, 0.05) is 37.1 Å². The second-order valence-corrected chi connectivity index (χ2v) is 9.75. The van der Waals surface area contributed by atoms with Gasteiger partial charge in [0.15, 0.2) is 0 Å². The van der Waals surface area contributed by atoms with Crippen LogP contribution < -0.4 is 21.0 Å². The quantitative estimate of drug-likeness (QED) is 0.332. The molecule has 0 spiro atoms. The molecule has 3 N–H and O–H groups in total. The first-order valence-electron chi connectivity index (χ1n) is 12.7. The van der Waals surface area contributed by atoms with Crippen molar-refractivity contribution >= 4 is 29.0 Å². The van der Waals surface area contributed by atoms with Gasteiger partial charge in [-0.05, 0) is 61.6 Å². The van der Waals surface area contributed by atoms with Gasteiger partial charge in [0.2, 0.25) is 0 Å².